The Hall–Kier alpha value is -3.29. The number of nitrogens with one attached hydrogen (secondary N) is 1. The van der Waals surface area contributed by atoms with Crippen molar-refractivity contribution in [2.45, 2.75) is 19.3 Å². The Kier molecular flexibility index (Phi) is 6.25. The van der Waals surface area contributed by atoms with Crippen molar-refractivity contribution >= 4 is 29.0 Å². The second kappa shape index (κ2) is 9.24. The Labute approximate surface area is 181 Å². The number of amides is 3. The number of carbonyl (C=O) groups excluding carboxylic acids is 2. The Morgan fingerprint density at radius 3 is 2.29 bits per heavy atom. The number of benzene rings is 2. The standard InChI is InChI=1S/C23H28FN5O2/c24-19-6-2-3-7-20(19)26-23(31)29-14-12-27(13-15-29)21-9-8-17(25)16-18(21)22(30)28-10-4-1-5-11-28/h2-3,6-9,16H,1,4-5,10-15,25H2,(H,26,31). The first kappa shape index (κ1) is 21.0. The number of carbonyl (C=O) groups is 2. The summed E-state index contributed by atoms with van der Waals surface area (Å²) in [5.41, 5.74) is 8.19. The summed E-state index contributed by atoms with van der Waals surface area (Å²) in [5.74, 6) is -0.445. The number of piperidine rings is 1. The maximum atomic E-state index is 13.8. The Balaban J connectivity index is 1.43. The normalized spacial score (nSPS) is 16.9. The van der Waals surface area contributed by atoms with Gasteiger partial charge >= 0.3 is 6.03 Å². The van der Waals surface area contributed by atoms with Crippen LogP contribution < -0.4 is 16.0 Å². The fourth-order valence-electron chi connectivity index (χ4n) is 4.18. The van der Waals surface area contributed by atoms with E-state index in [1.807, 2.05) is 11.0 Å². The molecule has 0 spiro atoms. The highest BCUT2D eigenvalue weighted by Crippen LogP contribution is 2.27. The number of hydrogen-bond donors (Lipinski definition) is 2. The second-order valence-corrected chi connectivity index (χ2v) is 8.01. The van der Waals surface area contributed by atoms with E-state index in [9.17, 15) is 14.0 Å². The average molecular weight is 426 g/mol. The summed E-state index contributed by atoms with van der Waals surface area (Å²) in [6.07, 6.45) is 3.21. The van der Waals surface area contributed by atoms with E-state index in [0.717, 1.165) is 38.0 Å². The van der Waals surface area contributed by atoms with Crippen LogP contribution in [0.4, 0.5) is 26.2 Å². The third-order valence-electron chi connectivity index (χ3n) is 5.92. The molecule has 4 rings (SSSR count). The molecule has 2 fully saturated rings. The maximum Gasteiger partial charge on any atom is 0.322 e. The lowest BCUT2D eigenvalue weighted by Gasteiger charge is -2.37. The van der Waals surface area contributed by atoms with Gasteiger partial charge in [-0.15, -0.1) is 0 Å². The van der Waals surface area contributed by atoms with Crippen molar-refractivity contribution in [3.05, 3.63) is 53.8 Å². The number of para-hydroxylation sites is 1. The predicted octanol–water partition coefficient (Wildman–Crippen LogP) is 3.39. The molecule has 7 nitrogen and oxygen atoms in total. The molecule has 2 aromatic carbocycles. The van der Waals surface area contributed by atoms with E-state index < -0.39 is 5.82 Å². The highest BCUT2D eigenvalue weighted by molar-refractivity contribution is 6.01. The van der Waals surface area contributed by atoms with E-state index in [1.54, 1.807) is 29.2 Å². The van der Waals surface area contributed by atoms with Gasteiger partial charge in [-0.3, -0.25) is 4.79 Å². The molecule has 3 amide bonds. The number of urea groups is 1. The van der Waals surface area contributed by atoms with Crippen LogP contribution in [0.25, 0.3) is 0 Å². The van der Waals surface area contributed by atoms with Crippen LogP contribution in [0.5, 0.6) is 0 Å². The van der Waals surface area contributed by atoms with Crippen molar-refractivity contribution in [3.8, 4) is 0 Å². The van der Waals surface area contributed by atoms with Gasteiger partial charge in [0.1, 0.15) is 5.82 Å². The SMILES string of the molecule is Nc1ccc(N2CCN(C(=O)Nc3ccccc3F)CC2)c(C(=O)N2CCCCC2)c1. The molecule has 164 valence electrons. The first-order valence-electron chi connectivity index (χ1n) is 10.8. The molecule has 3 N–H and O–H groups in total. The van der Waals surface area contributed by atoms with Crippen molar-refractivity contribution in [1.82, 2.24) is 9.80 Å². The largest absolute Gasteiger partial charge is 0.399 e. The summed E-state index contributed by atoms with van der Waals surface area (Å²) < 4.78 is 13.8. The van der Waals surface area contributed by atoms with Gasteiger partial charge in [0.15, 0.2) is 0 Å². The number of rotatable bonds is 3. The molecule has 0 radical (unpaired) electrons. The van der Waals surface area contributed by atoms with E-state index in [0.29, 0.717) is 37.4 Å². The van der Waals surface area contributed by atoms with Crippen LogP contribution in [0.2, 0.25) is 0 Å². The van der Waals surface area contributed by atoms with Crippen LogP contribution >= 0.6 is 0 Å². The number of hydrogen-bond acceptors (Lipinski definition) is 4. The Morgan fingerprint density at radius 1 is 0.871 bits per heavy atom. The summed E-state index contributed by atoms with van der Waals surface area (Å²) in [5, 5.41) is 2.63. The smallest absolute Gasteiger partial charge is 0.322 e. The van der Waals surface area contributed by atoms with Crippen LogP contribution in [0.15, 0.2) is 42.5 Å². The van der Waals surface area contributed by atoms with Gasteiger partial charge in [-0.2, -0.15) is 0 Å². The highest BCUT2D eigenvalue weighted by Gasteiger charge is 2.27. The van der Waals surface area contributed by atoms with E-state index in [1.165, 1.54) is 12.1 Å². The van der Waals surface area contributed by atoms with Crippen molar-refractivity contribution in [3.63, 3.8) is 0 Å². The quantitative estimate of drug-likeness (QED) is 0.739. The average Bonchev–Trinajstić information content (AvgIpc) is 2.81. The van der Waals surface area contributed by atoms with Crippen LogP contribution in [0, 0.1) is 5.82 Å². The summed E-state index contributed by atoms with van der Waals surface area (Å²) in [4.78, 5) is 31.4. The van der Waals surface area contributed by atoms with Gasteiger partial charge in [0.05, 0.1) is 11.3 Å². The molecule has 31 heavy (non-hydrogen) atoms. The van der Waals surface area contributed by atoms with Gasteiger partial charge in [-0.25, -0.2) is 9.18 Å². The topological polar surface area (TPSA) is 81.9 Å². The highest BCUT2D eigenvalue weighted by atomic mass is 19.1. The fourth-order valence-corrected chi connectivity index (χ4v) is 4.18. The van der Waals surface area contributed by atoms with E-state index in [4.69, 9.17) is 5.73 Å². The first-order valence-corrected chi connectivity index (χ1v) is 10.8. The molecule has 0 bridgehead atoms. The molecule has 2 heterocycles. The molecule has 0 aromatic heterocycles. The monoisotopic (exact) mass is 425 g/mol. The molecular formula is C23H28FN5O2. The molecule has 0 atom stereocenters. The molecule has 2 saturated heterocycles. The van der Waals surface area contributed by atoms with E-state index in [-0.39, 0.29) is 17.6 Å². The number of likely N-dealkylation sites (tertiary alicyclic amines) is 1. The molecule has 2 aliphatic heterocycles. The minimum atomic E-state index is -0.461. The molecule has 0 saturated carbocycles. The minimum Gasteiger partial charge on any atom is -0.399 e. The lowest BCUT2D eigenvalue weighted by Crippen LogP contribution is -2.50. The zero-order valence-electron chi connectivity index (χ0n) is 17.5. The van der Waals surface area contributed by atoms with E-state index >= 15 is 0 Å². The minimum absolute atomic E-state index is 0.0155. The number of anilines is 3. The summed E-state index contributed by atoms with van der Waals surface area (Å²) in [7, 11) is 0. The van der Waals surface area contributed by atoms with Gasteiger partial charge in [0.2, 0.25) is 0 Å². The Bertz CT molecular complexity index is 953. The van der Waals surface area contributed by atoms with Crippen LogP contribution in [-0.2, 0) is 0 Å². The summed E-state index contributed by atoms with van der Waals surface area (Å²) in [6, 6.07) is 11.2. The number of nitrogens with zero attached hydrogens (tertiary/aromatic N) is 3. The predicted molar refractivity (Wildman–Crippen MR) is 120 cm³/mol. The first-order chi connectivity index (χ1) is 15.0. The lowest BCUT2D eigenvalue weighted by atomic mass is 10.1. The second-order valence-electron chi connectivity index (χ2n) is 8.01. The van der Waals surface area contributed by atoms with Gasteiger partial charge in [0, 0.05) is 50.6 Å². The number of nitrogens with two attached hydrogens (primary N) is 1. The zero-order chi connectivity index (χ0) is 21.8. The third-order valence-corrected chi connectivity index (χ3v) is 5.92. The van der Waals surface area contributed by atoms with Gasteiger partial charge < -0.3 is 25.8 Å². The van der Waals surface area contributed by atoms with Crippen LogP contribution in [0.1, 0.15) is 29.6 Å². The van der Waals surface area contributed by atoms with Gasteiger partial charge in [-0.05, 0) is 49.6 Å². The number of piperazine rings is 1. The van der Waals surface area contributed by atoms with Crippen molar-refractivity contribution in [2.24, 2.45) is 0 Å². The third kappa shape index (κ3) is 4.73. The summed E-state index contributed by atoms with van der Waals surface area (Å²) >= 11 is 0. The fraction of sp³-hybridized carbons (Fsp3) is 0.391. The lowest BCUT2D eigenvalue weighted by molar-refractivity contribution is 0.0724. The van der Waals surface area contributed by atoms with Crippen molar-refractivity contribution in [2.75, 3.05) is 55.2 Å². The molecule has 0 aliphatic carbocycles. The van der Waals surface area contributed by atoms with E-state index in [2.05, 4.69) is 10.2 Å². The number of halogens is 1. The van der Waals surface area contributed by atoms with Gasteiger partial charge in [-0.1, -0.05) is 12.1 Å². The van der Waals surface area contributed by atoms with Gasteiger partial charge in [0.25, 0.3) is 5.91 Å². The molecular weight excluding hydrogens is 397 g/mol. The molecule has 2 aliphatic rings. The maximum absolute atomic E-state index is 13.8. The Morgan fingerprint density at radius 2 is 1.58 bits per heavy atom. The zero-order valence-corrected chi connectivity index (χ0v) is 17.5. The van der Waals surface area contributed by atoms with Crippen LogP contribution in [0.3, 0.4) is 0 Å². The molecule has 0 unspecified atom stereocenters. The number of nitrogen functional groups attached to an aromatic ring is 1. The van der Waals surface area contributed by atoms with Crippen molar-refractivity contribution < 1.29 is 14.0 Å². The summed E-state index contributed by atoms with van der Waals surface area (Å²) in [6.45, 7) is 3.65. The van der Waals surface area contributed by atoms with Crippen molar-refractivity contribution in [1.29, 1.82) is 0 Å². The molecule has 2 aromatic rings. The molecule has 8 heteroatoms. The van der Waals surface area contributed by atoms with Crippen LogP contribution in [-0.4, -0.2) is 61.0 Å².